The van der Waals surface area contributed by atoms with Crippen molar-refractivity contribution in [2.24, 2.45) is 5.73 Å². The number of nitrogens with one attached hydrogen (secondary N) is 1. The molecule has 3 aromatic rings. The van der Waals surface area contributed by atoms with Gasteiger partial charge in [-0.1, -0.05) is 6.07 Å². The Labute approximate surface area is 140 Å². The standard InChI is InChI=1S/C18H21N5O/c1-22(2)12-15-4-3-14(18(19)24)10-17(15)20-11-13-6-8-23-16(9-13)5-7-21-23/h3-10,20H,11-12H2,1-2H3,(H2,19,24). The first-order valence-corrected chi connectivity index (χ1v) is 7.76. The Bertz CT molecular complexity index is 869. The van der Waals surface area contributed by atoms with Gasteiger partial charge in [-0.3, -0.25) is 4.79 Å². The number of carbonyl (C=O) groups is 1. The van der Waals surface area contributed by atoms with E-state index in [2.05, 4.69) is 21.4 Å². The van der Waals surface area contributed by atoms with E-state index in [1.54, 1.807) is 12.3 Å². The van der Waals surface area contributed by atoms with Gasteiger partial charge in [0.05, 0.1) is 5.52 Å². The maximum absolute atomic E-state index is 11.5. The smallest absolute Gasteiger partial charge is 0.248 e. The van der Waals surface area contributed by atoms with Crippen molar-refractivity contribution in [2.45, 2.75) is 13.1 Å². The summed E-state index contributed by atoms with van der Waals surface area (Å²) in [4.78, 5) is 13.5. The molecule has 0 saturated carbocycles. The number of pyridine rings is 1. The molecule has 3 rings (SSSR count). The highest BCUT2D eigenvalue weighted by atomic mass is 16.1. The number of nitrogens with zero attached hydrogens (tertiary/aromatic N) is 3. The summed E-state index contributed by atoms with van der Waals surface area (Å²) in [5.74, 6) is -0.421. The normalized spacial score (nSPS) is 11.1. The van der Waals surface area contributed by atoms with Crippen molar-refractivity contribution in [1.82, 2.24) is 14.5 Å². The van der Waals surface area contributed by atoms with Crippen LogP contribution in [0.2, 0.25) is 0 Å². The van der Waals surface area contributed by atoms with Crippen LogP contribution in [0.3, 0.4) is 0 Å². The summed E-state index contributed by atoms with van der Waals surface area (Å²) < 4.78 is 1.83. The van der Waals surface area contributed by atoms with E-state index in [9.17, 15) is 4.79 Å². The number of primary amides is 1. The predicted molar refractivity (Wildman–Crippen MR) is 94.9 cm³/mol. The molecule has 6 nitrogen and oxygen atoms in total. The van der Waals surface area contributed by atoms with Gasteiger partial charge in [0.1, 0.15) is 0 Å². The Kier molecular flexibility index (Phi) is 4.48. The zero-order chi connectivity index (χ0) is 17.1. The van der Waals surface area contributed by atoms with Gasteiger partial charge in [0.15, 0.2) is 0 Å². The number of anilines is 1. The lowest BCUT2D eigenvalue weighted by Crippen LogP contribution is -2.15. The maximum atomic E-state index is 11.5. The zero-order valence-corrected chi connectivity index (χ0v) is 13.9. The molecule has 0 fully saturated rings. The molecule has 0 aliphatic heterocycles. The average molecular weight is 323 g/mol. The third kappa shape index (κ3) is 3.55. The van der Waals surface area contributed by atoms with Gasteiger partial charge in [0.2, 0.25) is 5.91 Å². The third-order valence-corrected chi connectivity index (χ3v) is 3.83. The van der Waals surface area contributed by atoms with E-state index in [4.69, 9.17) is 5.73 Å². The molecule has 6 heteroatoms. The second-order valence-corrected chi connectivity index (χ2v) is 6.06. The Morgan fingerprint density at radius 2 is 2.08 bits per heavy atom. The molecule has 0 aliphatic rings. The highest BCUT2D eigenvalue weighted by Crippen LogP contribution is 2.20. The van der Waals surface area contributed by atoms with Crippen LogP contribution in [0, 0.1) is 0 Å². The first kappa shape index (κ1) is 16.0. The number of hydrogen-bond acceptors (Lipinski definition) is 4. The van der Waals surface area contributed by atoms with Gasteiger partial charge in [-0.2, -0.15) is 5.10 Å². The molecule has 24 heavy (non-hydrogen) atoms. The average Bonchev–Trinajstić information content (AvgIpc) is 3.00. The molecule has 0 radical (unpaired) electrons. The molecular formula is C18H21N5O. The minimum absolute atomic E-state index is 0.421. The van der Waals surface area contributed by atoms with Crippen LogP contribution in [-0.2, 0) is 13.1 Å². The molecule has 2 aromatic heterocycles. The van der Waals surface area contributed by atoms with Crippen LogP contribution in [0.1, 0.15) is 21.5 Å². The Balaban J connectivity index is 1.83. The monoisotopic (exact) mass is 323 g/mol. The lowest BCUT2D eigenvalue weighted by Gasteiger charge is -2.16. The van der Waals surface area contributed by atoms with Crippen molar-refractivity contribution in [2.75, 3.05) is 19.4 Å². The number of nitrogens with two attached hydrogens (primary N) is 1. The third-order valence-electron chi connectivity index (χ3n) is 3.83. The fourth-order valence-electron chi connectivity index (χ4n) is 2.65. The lowest BCUT2D eigenvalue weighted by molar-refractivity contribution is 0.100. The zero-order valence-electron chi connectivity index (χ0n) is 13.9. The van der Waals surface area contributed by atoms with Crippen molar-refractivity contribution in [1.29, 1.82) is 0 Å². The van der Waals surface area contributed by atoms with Crippen molar-refractivity contribution in [3.63, 3.8) is 0 Å². The number of rotatable bonds is 6. The van der Waals surface area contributed by atoms with E-state index in [0.717, 1.165) is 28.9 Å². The Hall–Kier alpha value is -2.86. The summed E-state index contributed by atoms with van der Waals surface area (Å²) in [7, 11) is 4.03. The van der Waals surface area contributed by atoms with E-state index in [0.29, 0.717) is 12.1 Å². The molecule has 0 atom stereocenters. The number of amides is 1. The summed E-state index contributed by atoms with van der Waals surface area (Å²) in [6, 6.07) is 11.6. The van der Waals surface area contributed by atoms with E-state index in [1.807, 2.05) is 49.1 Å². The molecule has 1 aromatic carbocycles. The number of hydrogen-bond donors (Lipinski definition) is 2. The van der Waals surface area contributed by atoms with Gasteiger partial charge in [-0.05, 0) is 55.6 Å². The highest BCUT2D eigenvalue weighted by Gasteiger charge is 2.08. The van der Waals surface area contributed by atoms with Crippen LogP contribution in [0.15, 0.2) is 48.8 Å². The molecule has 2 heterocycles. The molecule has 0 aliphatic carbocycles. The van der Waals surface area contributed by atoms with Crippen LogP contribution >= 0.6 is 0 Å². The van der Waals surface area contributed by atoms with Crippen molar-refractivity contribution >= 4 is 17.1 Å². The summed E-state index contributed by atoms with van der Waals surface area (Å²) in [6.07, 6.45) is 3.71. The van der Waals surface area contributed by atoms with Gasteiger partial charge in [0.25, 0.3) is 0 Å². The van der Waals surface area contributed by atoms with E-state index < -0.39 is 5.91 Å². The molecule has 0 unspecified atom stereocenters. The molecule has 0 saturated heterocycles. The van der Waals surface area contributed by atoms with Gasteiger partial charge in [-0.25, -0.2) is 4.52 Å². The van der Waals surface area contributed by atoms with Crippen LogP contribution < -0.4 is 11.1 Å². The van der Waals surface area contributed by atoms with E-state index >= 15 is 0 Å². The predicted octanol–water partition coefficient (Wildman–Crippen LogP) is 2.11. The summed E-state index contributed by atoms with van der Waals surface area (Å²) in [6.45, 7) is 1.44. The second kappa shape index (κ2) is 6.72. The van der Waals surface area contributed by atoms with Crippen molar-refractivity contribution in [3.05, 3.63) is 65.5 Å². The molecule has 0 bridgehead atoms. The van der Waals surface area contributed by atoms with Gasteiger partial charge in [-0.15, -0.1) is 0 Å². The second-order valence-electron chi connectivity index (χ2n) is 6.06. The first-order valence-electron chi connectivity index (χ1n) is 7.76. The first-order chi connectivity index (χ1) is 11.5. The van der Waals surface area contributed by atoms with Crippen LogP contribution in [0.5, 0.6) is 0 Å². The number of carbonyl (C=O) groups excluding carboxylic acids is 1. The Morgan fingerprint density at radius 1 is 1.25 bits per heavy atom. The summed E-state index contributed by atoms with van der Waals surface area (Å²) >= 11 is 0. The largest absolute Gasteiger partial charge is 0.381 e. The quantitative estimate of drug-likeness (QED) is 0.728. The minimum atomic E-state index is -0.421. The summed E-state index contributed by atoms with van der Waals surface area (Å²) in [5.41, 5.74) is 10.1. The SMILES string of the molecule is CN(C)Cc1ccc(C(N)=O)cc1NCc1ccn2nccc2c1. The number of fused-ring (bicyclic) bond motifs is 1. The van der Waals surface area contributed by atoms with E-state index in [-0.39, 0.29) is 0 Å². The maximum Gasteiger partial charge on any atom is 0.248 e. The molecule has 0 spiro atoms. The van der Waals surface area contributed by atoms with Crippen molar-refractivity contribution < 1.29 is 4.79 Å². The fraction of sp³-hybridized carbons (Fsp3) is 0.222. The van der Waals surface area contributed by atoms with Crippen LogP contribution in [0.4, 0.5) is 5.69 Å². The van der Waals surface area contributed by atoms with Crippen LogP contribution in [0.25, 0.3) is 5.52 Å². The fourth-order valence-corrected chi connectivity index (χ4v) is 2.65. The lowest BCUT2D eigenvalue weighted by atomic mass is 10.1. The van der Waals surface area contributed by atoms with Gasteiger partial charge in [0, 0.05) is 36.7 Å². The number of aromatic nitrogens is 2. The topological polar surface area (TPSA) is 75.7 Å². The van der Waals surface area contributed by atoms with Crippen molar-refractivity contribution in [3.8, 4) is 0 Å². The summed E-state index contributed by atoms with van der Waals surface area (Å²) in [5, 5.41) is 7.62. The molecule has 1 amide bonds. The van der Waals surface area contributed by atoms with E-state index in [1.165, 1.54) is 0 Å². The number of benzene rings is 1. The van der Waals surface area contributed by atoms with Gasteiger partial charge < -0.3 is 16.0 Å². The molecule has 124 valence electrons. The Morgan fingerprint density at radius 3 is 2.83 bits per heavy atom. The molecule has 3 N–H and O–H groups in total. The highest BCUT2D eigenvalue weighted by molar-refractivity contribution is 5.94. The van der Waals surface area contributed by atoms with Crippen LogP contribution in [-0.4, -0.2) is 34.5 Å². The molecular weight excluding hydrogens is 302 g/mol. The minimum Gasteiger partial charge on any atom is -0.381 e. The van der Waals surface area contributed by atoms with Gasteiger partial charge >= 0.3 is 0 Å².